The number of nitriles is 1. The highest BCUT2D eigenvalue weighted by Crippen LogP contribution is 2.17. The van der Waals surface area contributed by atoms with Crippen molar-refractivity contribution in [3.63, 3.8) is 0 Å². The van der Waals surface area contributed by atoms with Gasteiger partial charge in [-0.3, -0.25) is 0 Å². The van der Waals surface area contributed by atoms with Crippen molar-refractivity contribution in [2.75, 3.05) is 6.54 Å². The Morgan fingerprint density at radius 2 is 2.15 bits per heavy atom. The highest BCUT2D eigenvalue weighted by molar-refractivity contribution is 5.33. The second-order valence-electron chi connectivity index (χ2n) is 4.95. The van der Waals surface area contributed by atoms with Crippen LogP contribution in [0, 0.1) is 11.3 Å². The summed E-state index contributed by atoms with van der Waals surface area (Å²) in [6.07, 6.45) is 5.38. The molecule has 0 aliphatic rings. The minimum absolute atomic E-state index is 0.423. The van der Waals surface area contributed by atoms with E-state index in [1.54, 1.807) is 0 Å². The van der Waals surface area contributed by atoms with Crippen molar-refractivity contribution in [2.45, 2.75) is 32.9 Å². The number of nitrogens with zero attached hydrogens (tertiary/aromatic N) is 2. The van der Waals surface area contributed by atoms with E-state index in [1.165, 1.54) is 5.56 Å². The van der Waals surface area contributed by atoms with E-state index >= 15 is 0 Å². The first-order valence-electron chi connectivity index (χ1n) is 7.15. The van der Waals surface area contributed by atoms with Crippen LogP contribution in [0.3, 0.4) is 0 Å². The topological polar surface area (TPSA) is 40.8 Å². The lowest BCUT2D eigenvalue weighted by Crippen LogP contribution is -2.19. The smallest absolute Gasteiger partial charge is 0.0991 e. The SMILES string of the molecule is CCNC(CC)c1ccn(Cc2cccc(C#N)c2)c1. The molecule has 0 spiro atoms. The summed E-state index contributed by atoms with van der Waals surface area (Å²) in [4.78, 5) is 0. The maximum atomic E-state index is 8.93. The van der Waals surface area contributed by atoms with E-state index in [0.29, 0.717) is 11.6 Å². The van der Waals surface area contributed by atoms with E-state index in [9.17, 15) is 0 Å². The van der Waals surface area contributed by atoms with E-state index in [0.717, 1.165) is 25.1 Å². The molecule has 1 unspecified atom stereocenters. The molecule has 0 saturated heterocycles. The summed E-state index contributed by atoms with van der Waals surface area (Å²) in [6, 6.07) is 12.6. The van der Waals surface area contributed by atoms with Crippen LogP contribution >= 0.6 is 0 Å². The van der Waals surface area contributed by atoms with Crippen LogP contribution in [0.25, 0.3) is 0 Å². The van der Waals surface area contributed by atoms with Crippen molar-refractivity contribution < 1.29 is 0 Å². The number of rotatable bonds is 6. The zero-order chi connectivity index (χ0) is 14.4. The van der Waals surface area contributed by atoms with Gasteiger partial charge in [-0.1, -0.05) is 26.0 Å². The van der Waals surface area contributed by atoms with Crippen LogP contribution in [-0.4, -0.2) is 11.1 Å². The zero-order valence-corrected chi connectivity index (χ0v) is 12.1. The van der Waals surface area contributed by atoms with Gasteiger partial charge in [0.15, 0.2) is 0 Å². The molecule has 0 amide bonds. The van der Waals surface area contributed by atoms with E-state index in [2.05, 4.69) is 54.3 Å². The summed E-state index contributed by atoms with van der Waals surface area (Å²) in [5.74, 6) is 0. The molecule has 1 N–H and O–H groups in total. The summed E-state index contributed by atoms with van der Waals surface area (Å²) < 4.78 is 2.17. The van der Waals surface area contributed by atoms with Gasteiger partial charge >= 0.3 is 0 Å². The van der Waals surface area contributed by atoms with E-state index < -0.39 is 0 Å². The highest BCUT2D eigenvalue weighted by atomic mass is 15.0. The van der Waals surface area contributed by atoms with Gasteiger partial charge in [-0.05, 0) is 42.3 Å². The minimum Gasteiger partial charge on any atom is -0.350 e. The van der Waals surface area contributed by atoms with Crippen LogP contribution in [0.2, 0.25) is 0 Å². The molecule has 1 heterocycles. The van der Waals surface area contributed by atoms with Crippen LogP contribution in [0.1, 0.15) is 43.0 Å². The van der Waals surface area contributed by atoms with Gasteiger partial charge < -0.3 is 9.88 Å². The van der Waals surface area contributed by atoms with E-state index in [1.807, 2.05) is 18.2 Å². The van der Waals surface area contributed by atoms with Crippen LogP contribution in [0.5, 0.6) is 0 Å². The summed E-state index contributed by atoms with van der Waals surface area (Å²) in [5, 5.41) is 12.4. The van der Waals surface area contributed by atoms with E-state index in [-0.39, 0.29) is 0 Å². The molecule has 1 atom stereocenters. The zero-order valence-electron chi connectivity index (χ0n) is 12.1. The average Bonchev–Trinajstić information content (AvgIpc) is 2.93. The Hall–Kier alpha value is -2.05. The Morgan fingerprint density at radius 3 is 2.85 bits per heavy atom. The van der Waals surface area contributed by atoms with Gasteiger partial charge in [-0.15, -0.1) is 0 Å². The van der Waals surface area contributed by atoms with Crippen LogP contribution < -0.4 is 5.32 Å². The molecule has 20 heavy (non-hydrogen) atoms. The van der Waals surface area contributed by atoms with Crippen molar-refractivity contribution in [1.82, 2.24) is 9.88 Å². The molecule has 0 fully saturated rings. The number of hydrogen-bond donors (Lipinski definition) is 1. The molecule has 1 aromatic carbocycles. The van der Waals surface area contributed by atoms with E-state index in [4.69, 9.17) is 5.26 Å². The fourth-order valence-electron chi connectivity index (χ4n) is 2.46. The predicted octanol–water partition coefficient (Wildman–Crippen LogP) is 3.47. The number of benzene rings is 1. The minimum atomic E-state index is 0.423. The maximum Gasteiger partial charge on any atom is 0.0991 e. The molecule has 3 heteroatoms. The van der Waals surface area contributed by atoms with Gasteiger partial charge in [0.05, 0.1) is 11.6 Å². The molecule has 2 aromatic rings. The maximum absolute atomic E-state index is 8.93. The number of nitrogens with one attached hydrogen (secondary N) is 1. The molecular weight excluding hydrogens is 246 g/mol. The Morgan fingerprint density at radius 1 is 1.30 bits per heavy atom. The molecule has 3 nitrogen and oxygen atoms in total. The Kier molecular flexibility index (Phi) is 4.97. The second-order valence-corrected chi connectivity index (χ2v) is 4.95. The quantitative estimate of drug-likeness (QED) is 0.870. The second kappa shape index (κ2) is 6.93. The fourth-order valence-corrected chi connectivity index (χ4v) is 2.46. The summed E-state index contributed by atoms with van der Waals surface area (Å²) in [6.45, 7) is 6.11. The molecule has 0 bridgehead atoms. The van der Waals surface area contributed by atoms with Gasteiger partial charge in [-0.2, -0.15) is 5.26 Å². The molecule has 104 valence electrons. The van der Waals surface area contributed by atoms with Crippen molar-refractivity contribution in [3.8, 4) is 6.07 Å². The third-order valence-electron chi connectivity index (χ3n) is 3.46. The number of aromatic nitrogens is 1. The van der Waals surface area contributed by atoms with Gasteiger partial charge in [0.1, 0.15) is 0 Å². The van der Waals surface area contributed by atoms with Crippen molar-refractivity contribution >= 4 is 0 Å². The van der Waals surface area contributed by atoms with Gasteiger partial charge in [0.2, 0.25) is 0 Å². The lowest BCUT2D eigenvalue weighted by molar-refractivity contribution is 0.536. The lowest BCUT2D eigenvalue weighted by Gasteiger charge is -2.14. The third-order valence-corrected chi connectivity index (χ3v) is 3.46. The fraction of sp³-hybridized carbons (Fsp3) is 0.353. The molecule has 0 aliphatic heterocycles. The Bertz CT molecular complexity index is 592. The van der Waals surface area contributed by atoms with Crippen molar-refractivity contribution in [2.24, 2.45) is 0 Å². The number of hydrogen-bond acceptors (Lipinski definition) is 2. The largest absolute Gasteiger partial charge is 0.350 e. The van der Waals surface area contributed by atoms with Gasteiger partial charge in [-0.25, -0.2) is 0 Å². The summed E-state index contributed by atoms with van der Waals surface area (Å²) in [5.41, 5.74) is 3.20. The van der Waals surface area contributed by atoms with Crippen LogP contribution in [0.15, 0.2) is 42.7 Å². The normalized spacial score (nSPS) is 12.1. The predicted molar refractivity (Wildman–Crippen MR) is 81.4 cm³/mol. The first kappa shape index (κ1) is 14.4. The Balaban J connectivity index is 2.11. The monoisotopic (exact) mass is 267 g/mol. The standard InChI is InChI=1S/C17H21N3/c1-3-17(19-4-2)16-8-9-20(13-16)12-15-7-5-6-14(10-15)11-18/h5-10,13,17,19H,3-4,12H2,1-2H3. The van der Waals surface area contributed by atoms with Crippen molar-refractivity contribution in [3.05, 3.63) is 59.4 Å². The molecular formula is C17H21N3. The molecule has 0 saturated carbocycles. The lowest BCUT2D eigenvalue weighted by atomic mass is 10.1. The molecule has 2 rings (SSSR count). The first-order valence-corrected chi connectivity index (χ1v) is 7.15. The Labute approximate surface area is 120 Å². The van der Waals surface area contributed by atoms with Crippen LogP contribution in [0.4, 0.5) is 0 Å². The highest BCUT2D eigenvalue weighted by Gasteiger charge is 2.09. The summed E-state index contributed by atoms with van der Waals surface area (Å²) >= 11 is 0. The van der Waals surface area contributed by atoms with Gasteiger partial charge in [0, 0.05) is 25.0 Å². The van der Waals surface area contributed by atoms with Gasteiger partial charge in [0.25, 0.3) is 0 Å². The average molecular weight is 267 g/mol. The molecule has 0 aliphatic carbocycles. The first-order chi connectivity index (χ1) is 9.76. The third kappa shape index (κ3) is 3.49. The summed E-state index contributed by atoms with van der Waals surface area (Å²) in [7, 11) is 0. The molecule has 0 radical (unpaired) electrons. The van der Waals surface area contributed by atoms with Crippen molar-refractivity contribution in [1.29, 1.82) is 5.26 Å². The molecule has 1 aromatic heterocycles. The van der Waals surface area contributed by atoms with Crippen LogP contribution in [-0.2, 0) is 6.54 Å².